The normalized spacial score (nSPS) is 15.2. The van der Waals surface area contributed by atoms with Gasteiger partial charge in [-0.15, -0.1) is 0 Å². The average Bonchev–Trinajstić information content (AvgIpc) is 3.08. The number of carbonyl (C=O) groups is 1. The van der Waals surface area contributed by atoms with Crippen LogP contribution in [0.3, 0.4) is 0 Å². The van der Waals surface area contributed by atoms with Gasteiger partial charge in [-0.2, -0.15) is 0 Å². The monoisotopic (exact) mass is 440 g/mol. The van der Waals surface area contributed by atoms with Gasteiger partial charge in [0, 0.05) is 18.9 Å². The number of rotatable bonds is 5. The van der Waals surface area contributed by atoms with E-state index >= 15 is 0 Å². The molecule has 33 heavy (non-hydrogen) atoms. The Bertz CT molecular complexity index is 1430. The number of pyridine rings is 1. The van der Waals surface area contributed by atoms with E-state index in [9.17, 15) is 9.59 Å². The van der Waals surface area contributed by atoms with E-state index < -0.39 is 6.04 Å². The van der Waals surface area contributed by atoms with Gasteiger partial charge in [-0.3, -0.25) is 14.6 Å². The summed E-state index contributed by atoms with van der Waals surface area (Å²) in [5, 5.41) is 0.494. The Morgan fingerprint density at radius 3 is 2.70 bits per heavy atom. The maximum atomic E-state index is 13.8. The Kier molecular flexibility index (Phi) is 5.21. The molecule has 0 saturated carbocycles. The third-order valence-electron chi connectivity index (χ3n) is 5.96. The van der Waals surface area contributed by atoms with Crippen molar-refractivity contribution >= 4 is 16.9 Å². The topological polar surface area (TPSA) is 72.6 Å². The van der Waals surface area contributed by atoms with Crippen LogP contribution in [0.1, 0.15) is 51.3 Å². The van der Waals surface area contributed by atoms with Crippen molar-refractivity contribution in [1.82, 2.24) is 9.88 Å². The third-order valence-corrected chi connectivity index (χ3v) is 5.96. The molecule has 166 valence electrons. The molecule has 0 radical (unpaired) electrons. The van der Waals surface area contributed by atoms with Crippen LogP contribution < -0.4 is 10.2 Å². The van der Waals surface area contributed by atoms with Crippen molar-refractivity contribution in [2.45, 2.75) is 33.4 Å². The van der Waals surface area contributed by atoms with Crippen molar-refractivity contribution in [2.75, 3.05) is 6.61 Å². The first kappa shape index (κ1) is 20.9. The maximum Gasteiger partial charge on any atom is 0.291 e. The molecule has 0 aliphatic carbocycles. The Morgan fingerprint density at radius 2 is 1.94 bits per heavy atom. The predicted octanol–water partition coefficient (Wildman–Crippen LogP) is 4.95. The van der Waals surface area contributed by atoms with Crippen LogP contribution in [0.5, 0.6) is 5.75 Å². The minimum Gasteiger partial charge on any atom is -0.494 e. The van der Waals surface area contributed by atoms with E-state index in [-0.39, 0.29) is 17.1 Å². The largest absolute Gasteiger partial charge is 0.494 e. The quantitative estimate of drug-likeness (QED) is 0.439. The predicted molar refractivity (Wildman–Crippen MR) is 126 cm³/mol. The first-order chi connectivity index (χ1) is 16.0. The second-order valence-electron chi connectivity index (χ2n) is 8.33. The third kappa shape index (κ3) is 3.57. The molecule has 0 spiro atoms. The van der Waals surface area contributed by atoms with Crippen LogP contribution in [0.15, 0.2) is 70.1 Å². The van der Waals surface area contributed by atoms with Gasteiger partial charge in [-0.05, 0) is 67.3 Å². The summed E-state index contributed by atoms with van der Waals surface area (Å²) in [6.45, 7) is 6.58. The number of aromatic nitrogens is 1. The summed E-state index contributed by atoms with van der Waals surface area (Å²) >= 11 is 0. The Balaban J connectivity index is 1.75. The molecule has 6 nitrogen and oxygen atoms in total. The molecule has 0 N–H and O–H groups in total. The molecule has 2 aromatic heterocycles. The van der Waals surface area contributed by atoms with E-state index in [1.165, 1.54) is 0 Å². The second-order valence-corrected chi connectivity index (χ2v) is 8.33. The molecule has 1 aliphatic heterocycles. The molecular weight excluding hydrogens is 416 g/mol. The van der Waals surface area contributed by atoms with Crippen LogP contribution in [0.2, 0.25) is 0 Å². The van der Waals surface area contributed by atoms with Crippen LogP contribution in [0.4, 0.5) is 0 Å². The van der Waals surface area contributed by atoms with Gasteiger partial charge in [-0.25, -0.2) is 0 Å². The zero-order valence-electron chi connectivity index (χ0n) is 18.8. The number of hydrogen-bond acceptors (Lipinski definition) is 5. The molecule has 4 aromatic rings. The van der Waals surface area contributed by atoms with Crippen molar-refractivity contribution in [3.05, 3.63) is 105 Å². The standard InChI is InChI=1S/C27H24N2O4/c1-4-32-20-9-5-8-19(13-20)23-22-24(30)21-12-16(2)11-17(3)25(21)33-26(22)27(31)29(23)15-18-7-6-10-28-14-18/h5-14,23H,4,15H2,1-3H3. The molecule has 5 rings (SSSR count). The van der Waals surface area contributed by atoms with Gasteiger partial charge in [0.15, 0.2) is 5.43 Å². The van der Waals surface area contributed by atoms with Crippen LogP contribution in [-0.4, -0.2) is 22.4 Å². The number of ether oxygens (including phenoxy) is 1. The molecule has 3 heterocycles. The fourth-order valence-electron chi connectivity index (χ4n) is 4.61. The number of fused-ring (bicyclic) bond motifs is 2. The van der Waals surface area contributed by atoms with Gasteiger partial charge in [0.2, 0.25) is 5.76 Å². The van der Waals surface area contributed by atoms with E-state index in [0.29, 0.717) is 35.4 Å². The van der Waals surface area contributed by atoms with Gasteiger partial charge >= 0.3 is 0 Å². The highest BCUT2D eigenvalue weighted by molar-refractivity contribution is 5.99. The van der Waals surface area contributed by atoms with Crippen LogP contribution in [0.25, 0.3) is 11.0 Å². The molecule has 0 fully saturated rings. The number of benzene rings is 2. The summed E-state index contributed by atoms with van der Waals surface area (Å²) in [5.41, 5.74) is 4.13. The highest BCUT2D eigenvalue weighted by Gasteiger charge is 2.43. The number of aryl methyl sites for hydroxylation is 2. The van der Waals surface area contributed by atoms with Crippen molar-refractivity contribution < 1.29 is 13.9 Å². The summed E-state index contributed by atoms with van der Waals surface area (Å²) in [5.74, 6) is 0.490. The molecular formula is C27H24N2O4. The second kappa shape index (κ2) is 8.20. The van der Waals surface area contributed by atoms with Gasteiger partial charge in [-0.1, -0.05) is 24.3 Å². The van der Waals surface area contributed by atoms with Gasteiger partial charge in [0.25, 0.3) is 5.91 Å². The summed E-state index contributed by atoms with van der Waals surface area (Å²) < 4.78 is 11.8. The molecule has 0 saturated heterocycles. The molecule has 2 aromatic carbocycles. The number of carbonyl (C=O) groups excluding carboxylic acids is 1. The van der Waals surface area contributed by atoms with Crippen molar-refractivity contribution in [3.63, 3.8) is 0 Å². The number of hydrogen-bond donors (Lipinski definition) is 0. The Labute approximate surface area is 191 Å². The summed E-state index contributed by atoms with van der Waals surface area (Å²) in [7, 11) is 0. The van der Waals surface area contributed by atoms with E-state index in [4.69, 9.17) is 9.15 Å². The fraction of sp³-hybridized carbons (Fsp3) is 0.222. The van der Waals surface area contributed by atoms with Gasteiger partial charge in [0.05, 0.1) is 23.6 Å². The zero-order chi connectivity index (χ0) is 23.1. The van der Waals surface area contributed by atoms with Crippen molar-refractivity contribution in [2.24, 2.45) is 0 Å². The fourth-order valence-corrected chi connectivity index (χ4v) is 4.61. The van der Waals surface area contributed by atoms with E-state index in [2.05, 4.69) is 4.98 Å². The van der Waals surface area contributed by atoms with Crippen molar-refractivity contribution in [1.29, 1.82) is 0 Å². The lowest BCUT2D eigenvalue weighted by molar-refractivity contribution is 0.0714. The Hall–Kier alpha value is -3.93. The highest BCUT2D eigenvalue weighted by atomic mass is 16.5. The minimum atomic E-state index is -0.588. The minimum absolute atomic E-state index is 0.107. The number of amides is 1. The lowest BCUT2D eigenvalue weighted by Crippen LogP contribution is -2.29. The average molecular weight is 440 g/mol. The lowest BCUT2D eigenvalue weighted by atomic mass is 9.97. The molecule has 1 unspecified atom stereocenters. The Morgan fingerprint density at radius 1 is 1.09 bits per heavy atom. The van der Waals surface area contributed by atoms with E-state index in [1.807, 2.05) is 69.3 Å². The molecule has 6 heteroatoms. The molecule has 0 bridgehead atoms. The van der Waals surface area contributed by atoms with E-state index in [1.54, 1.807) is 17.3 Å². The van der Waals surface area contributed by atoms with Gasteiger partial charge < -0.3 is 14.1 Å². The summed E-state index contributed by atoms with van der Waals surface area (Å²) in [6, 6.07) is 14.5. The number of nitrogens with zero attached hydrogens (tertiary/aromatic N) is 2. The van der Waals surface area contributed by atoms with Crippen LogP contribution in [-0.2, 0) is 6.54 Å². The lowest BCUT2D eigenvalue weighted by Gasteiger charge is -2.25. The molecule has 1 aliphatic rings. The zero-order valence-corrected chi connectivity index (χ0v) is 18.8. The smallest absolute Gasteiger partial charge is 0.291 e. The maximum absolute atomic E-state index is 13.8. The van der Waals surface area contributed by atoms with Crippen LogP contribution in [0, 0.1) is 13.8 Å². The summed E-state index contributed by atoms with van der Waals surface area (Å²) in [4.78, 5) is 33.2. The summed E-state index contributed by atoms with van der Waals surface area (Å²) in [6.07, 6.45) is 3.42. The van der Waals surface area contributed by atoms with E-state index in [0.717, 1.165) is 22.3 Å². The highest BCUT2D eigenvalue weighted by Crippen LogP contribution is 2.40. The molecule has 1 amide bonds. The van der Waals surface area contributed by atoms with Crippen LogP contribution >= 0.6 is 0 Å². The first-order valence-electron chi connectivity index (χ1n) is 11.0. The van der Waals surface area contributed by atoms with Crippen molar-refractivity contribution in [3.8, 4) is 5.75 Å². The molecule has 1 atom stereocenters. The van der Waals surface area contributed by atoms with Gasteiger partial charge in [0.1, 0.15) is 11.3 Å². The SMILES string of the molecule is CCOc1cccc(C2c3c(oc4c(C)cc(C)cc4c3=O)C(=O)N2Cc2cccnc2)c1. The first-order valence-corrected chi connectivity index (χ1v) is 11.0.